The zero-order valence-electron chi connectivity index (χ0n) is 11.9. The Morgan fingerprint density at radius 2 is 1.76 bits per heavy atom. The summed E-state index contributed by atoms with van der Waals surface area (Å²) in [6.45, 7) is 2.03. The number of aryl methyl sites for hydroxylation is 1. The molecule has 0 spiro atoms. The lowest BCUT2D eigenvalue weighted by atomic mass is 10.0. The van der Waals surface area contributed by atoms with Crippen molar-refractivity contribution in [1.82, 2.24) is 5.16 Å². The summed E-state index contributed by atoms with van der Waals surface area (Å²) in [7, 11) is 0. The average Bonchev–Trinajstić information content (AvgIpc) is 2.97. The van der Waals surface area contributed by atoms with Crippen LogP contribution in [0.25, 0.3) is 11.3 Å². The van der Waals surface area contributed by atoms with E-state index in [0.29, 0.717) is 12.2 Å². The number of aromatic nitrogens is 1. The van der Waals surface area contributed by atoms with Gasteiger partial charge in [0.25, 0.3) is 0 Å². The predicted octanol–water partition coefficient (Wildman–Crippen LogP) is 3.93. The molecule has 1 unspecified atom stereocenters. The molecule has 3 rings (SSSR count). The van der Waals surface area contributed by atoms with Crippen molar-refractivity contribution in [3.05, 3.63) is 77.6 Å². The number of nitrogens with zero attached hydrogens (tertiary/aromatic N) is 1. The highest BCUT2D eigenvalue weighted by molar-refractivity contribution is 5.58. The van der Waals surface area contributed by atoms with E-state index in [0.717, 1.165) is 16.8 Å². The third kappa shape index (κ3) is 3.20. The number of benzene rings is 2. The fourth-order valence-corrected chi connectivity index (χ4v) is 2.25. The normalized spacial score (nSPS) is 12.3. The van der Waals surface area contributed by atoms with Crippen LogP contribution in [0.4, 0.5) is 0 Å². The molecular formula is C18H17NO2. The Morgan fingerprint density at radius 1 is 1.05 bits per heavy atom. The maximum Gasteiger partial charge on any atom is 0.140 e. The van der Waals surface area contributed by atoms with E-state index in [1.807, 2.05) is 67.6 Å². The van der Waals surface area contributed by atoms with E-state index in [1.54, 1.807) is 0 Å². The van der Waals surface area contributed by atoms with Gasteiger partial charge in [-0.05, 0) is 12.5 Å². The van der Waals surface area contributed by atoms with E-state index in [2.05, 4.69) is 5.16 Å². The molecule has 0 aliphatic heterocycles. The van der Waals surface area contributed by atoms with Gasteiger partial charge in [-0.3, -0.25) is 0 Å². The summed E-state index contributed by atoms with van der Waals surface area (Å²) in [5.41, 5.74) is 3.87. The molecule has 1 atom stereocenters. The van der Waals surface area contributed by atoms with Gasteiger partial charge in [-0.2, -0.15) is 0 Å². The standard InChI is InChI=1S/C18H17NO2/c1-13-7-9-15(10-8-13)18(20)12-16-11-17(19-21-16)14-5-3-2-4-6-14/h2-11,18,20H,12H2,1H3. The van der Waals surface area contributed by atoms with Crippen LogP contribution in [-0.4, -0.2) is 10.3 Å². The van der Waals surface area contributed by atoms with Crippen molar-refractivity contribution < 1.29 is 9.63 Å². The number of rotatable bonds is 4. The molecule has 1 heterocycles. The molecule has 1 aromatic heterocycles. The summed E-state index contributed by atoms with van der Waals surface area (Å²) in [6.07, 6.45) is -0.162. The second-order valence-corrected chi connectivity index (χ2v) is 5.18. The lowest BCUT2D eigenvalue weighted by Gasteiger charge is -2.08. The lowest BCUT2D eigenvalue weighted by Crippen LogP contribution is -2.00. The van der Waals surface area contributed by atoms with E-state index < -0.39 is 6.10 Å². The minimum absolute atomic E-state index is 0.420. The third-order valence-electron chi connectivity index (χ3n) is 3.49. The molecule has 21 heavy (non-hydrogen) atoms. The van der Waals surface area contributed by atoms with Crippen LogP contribution in [0.5, 0.6) is 0 Å². The van der Waals surface area contributed by atoms with E-state index in [9.17, 15) is 5.11 Å². The quantitative estimate of drug-likeness (QED) is 0.787. The summed E-state index contributed by atoms with van der Waals surface area (Å²) in [4.78, 5) is 0. The van der Waals surface area contributed by atoms with E-state index in [1.165, 1.54) is 5.56 Å². The zero-order valence-corrected chi connectivity index (χ0v) is 11.9. The Morgan fingerprint density at radius 3 is 2.48 bits per heavy atom. The molecule has 0 saturated carbocycles. The molecule has 0 aliphatic carbocycles. The minimum Gasteiger partial charge on any atom is -0.388 e. The second kappa shape index (κ2) is 5.94. The molecular weight excluding hydrogens is 262 g/mol. The van der Waals surface area contributed by atoms with Crippen molar-refractivity contribution in [3.8, 4) is 11.3 Å². The van der Waals surface area contributed by atoms with Gasteiger partial charge in [-0.15, -0.1) is 0 Å². The van der Waals surface area contributed by atoms with Crippen LogP contribution in [0.15, 0.2) is 65.2 Å². The first kappa shape index (κ1) is 13.6. The molecule has 106 valence electrons. The molecule has 0 bridgehead atoms. The van der Waals surface area contributed by atoms with E-state index in [-0.39, 0.29) is 0 Å². The maximum absolute atomic E-state index is 10.3. The van der Waals surface area contributed by atoms with Gasteiger partial charge in [-0.25, -0.2) is 0 Å². The van der Waals surface area contributed by atoms with Crippen molar-refractivity contribution in [2.24, 2.45) is 0 Å². The van der Waals surface area contributed by atoms with Crippen LogP contribution in [0.3, 0.4) is 0 Å². The van der Waals surface area contributed by atoms with Crippen LogP contribution < -0.4 is 0 Å². The Bertz CT molecular complexity index is 702. The first-order valence-electron chi connectivity index (χ1n) is 6.98. The van der Waals surface area contributed by atoms with Crippen molar-refractivity contribution in [1.29, 1.82) is 0 Å². The highest BCUT2D eigenvalue weighted by Crippen LogP contribution is 2.23. The number of aliphatic hydroxyl groups is 1. The van der Waals surface area contributed by atoms with Gasteiger partial charge in [0.15, 0.2) is 0 Å². The van der Waals surface area contributed by atoms with Crippen molar-refractivity contribution in [2.45, 2.75) is 19.4 Å². The van der Waals surface area contributed by atoms with Gasteiger partial charge in [0.05, 0.1) is 6.10 Å². The molecule has 0 radical (unpaired) electrons. The predicted molar refractivity (Wildman–Crippen MR) is 81.8 cm³/mol. The smallest absolute Gasteiger partial charge is 0.140 e. The summed E-state index contributed by atoms with van der Waals surface area (Å²) >= 11 is 0. The lowest BCUT2D eigenvalue weighted by molar-refractivity contribution is 0.167. The largest absolute Gasteiger partial charge is 0.388 e. The first-order valence-corrected chi connectivity index (χ1v) is 6.98. The van der Waals surface area contributed by atoms with Crippen LogP contribution >= 0.6 is 0 Å². The highest BCUT2D eigenvalue weighted by Gasteiger charge is 2.13. The van der Waals surface area contributed by atoms with Crippen molar-refractivity contribution >= 4 is 0 Å². The highest BCUT2D eigenvalue weighted by atomic mass is 16.5. The summed E-state index contributed by atoms with van der Waals surface area (Å²) in [5.74, 6) is 0.682. The third-order valence-corrected chi connectivity index (χ3v) is 3.49. The Labute approximate surface area is 123 Å². The van der Waals surface area contributed by atoms with Crippen LogP contribution in [-0.2, 0) is 6.42 Å². The average molecular weight is 279 g/mol. The second-order valence-electron chi connectivity index (χ2n) is 5.18. The Hall–Kier alpha value is -2.39. The molecule has 3 nitrogen and oxygen atoms in total. The number of hydrogen-bond donors (Lipinski definition) is 1. The van der Waals surface area contributed by atoms with Crippen molar-refractivity contribution in [2.75, 3.05) is 0 Å². The van der Waals surface area contributed by atoms with Crippen molar-refractivity contribution in [3.63, 3.8) is 0 Å². The van der Waals surface area contributed by atoms with Gasteiger partial charge in [0.1, 0.15) is 11.5 Å². The van der Waals surface area contributed by atoms with Crippen LogP contribution in [0, 0.1) is 6.92 Å². The van der Waals surface area contributed by atoms with Gasteiger partial charge in [0.2, 0.25) is 0 Å². The molecule has 2 aromatic carbocycles. The summed E-state index contributed by atoms with van der Waals surface area (Å²) in [6, 6.07) is 19.6. The summed E-state index contributed by atoms with van der Waals surface area (Å²) < 4.78 is 5.32. The Balaban J connectivity index is 1.74. The Kier molecular flexibility index (Phi) is 3.84. The summed E-state index contributed by atoms with van der Waals surface area (Å²) in [5, 5.41) is 14.3. The van der Waals surface area contributed by atoms with Gasteiger partial charge in [0, 0.05) is 18.1 Å². The number of aliphatic hydroxyl groups excluding tert-OH is 1. The molecule has 3 aromatic rings. The fourth-order valence-electron chi connectivity index (χ4n) is 2.25. The SMILES string of the molecule is Cc1ccc(C(O)Cc2cc(-c3ccccc3)no2)cc1. The molecule has 0 aliphatic rings. The molecule has 0 saturated heterocycles. The molecule has 1 N–H and O–H groups in total. The first-order chi connectivity index (χ1) is 10.2. The topological polar surface area (TPSA) is 46.3 Å². The van der Waals surface area contributed by atoms with E-state index >= 15 is 0 Å². The zero-order chi connectivity index (χ0) is 14.7. The van der Waals surface area contributed by atoms with Gasteiger partial charge >= 0.3 is 0 Å². The monoisotopic (exact) mass is 279 g/mol. The fraction of sp³-hybridized carbons (Fsp3) is 0.167. The van der Waals surface area contributed by atoms with Crippen LogP contribution in [0.1, 0.15) is 23.0 Å². The minimum atomic E-state index is -0.581. The molecule has 0 amide bonds. The maximum atomic E-state index is 10.3. The van der Waals surface area contributed by atoms with Crippen LogP contribution in [0.2, 0.25) is 0 Å². The van der Waals surface area contributed by atoms with Gasteiger partial charge < -0.3 is 9.63 Å². The van der Waals surface area contributed by atoms with Gasteiger partial charge in [-0.1, -0.05) is 65.3 Å². The van der Waals surface area contributed by atoms with E-state index in [4.69, 9.17) is 4.52 Å². The molecule has 3 heteroatoms. The molecule has 0 fully saturated rings. The number of hydrogen-bond acceptors (Lipinski definition) is 3.